The fraction of sp³-hybridized carbons (Fsp3) is 0.250. The van der Waals surface area contributed by atoms with E-state index in [0.717, 1.165) is 48.0 Å². The number of halogens is 2. The number of aromatic amines is 1. The fourth-order valence-corrected chi connectivity index (χ4v) is 2.96. The number of nitrogens with zero attached hydrogens (tertiary/aromatic N) is 1. The Morgan fingerprint density at radius 1 is 1.19 bits per heavy atom. The van der Waals surface area contributed by atoms with Crippen LogP contribution >= 0.6 is 0 Å². The molecule has 0 saturated carbocycles. The van der Waals surface area contributed by atoms with Crippen molar-refractivity contribution in [2.24, 2.45) is 5.92 Å². The van der Waals surface area contributed by atoms with Gasteiger partial charge in [-0.3, -0.25) is 5.10 Å². The smallest absolute Gasteiger partial charge is 0.160 e. The average Bonchev–Trinajstić information content (AvgIpc) is 3.11. The number of nitrogens with one attached hydrogen (secondary N) is 2. The molecule has 0 spiro atoms. The summed E-state index contributed by atoms with van der Waals surface area (Å²) < 4.78 is 32.1. The molecule has 1 aliphatic rings. The van der Waals surface area contributed by atoms with Gasteiger partial charge in [0.05, 0.1) is 29.6 Å². The van der Waals surface area contributed by atoms with E-state index in [1.165, 1.54) is 6.07 Å². The van der Waals surface area contributed by atoms with E-state index in [1.807, 2.05) is 12.1 Å². The van der Waals surface area contributed by atoms with Crippen molar-refractivity contribution in [1.82, 2.24) is 10.2 Å². The maximum atomic E-state index is 13.5. The zero-order chi connectivity index (χ0) is 17.9. The van der Waals surface area contributed by atoms with Crippen LogP contribution in [0.2, 0.25) is 0 Å². The lowest BCUT2D eigenvalue weighted by Gasteiger charge is -2.16. The molecule has 0 bridgehead atoms. The normalized spacial score (nSPS) is 16.9. The van der Waals surface area contributed by atoms with Crippen molar-refractivity contribution < 1.29 is 13.5 Å². The predicted molar refractivity (Wildman–Crippen MR) is 96.2 cm³/mol. The highest BCUT2D eigenvalue weighted by atomic mass is 19.2. The van der Waals surface area contributed by atoms with Crippen LogP contribution in [0.4, 0.5) is 20.2 Å². The summed E-state index contributed by atoms with van der Waals surface area (Å²) in [5, 5.41) is 11.0. The molecule has 1 unspecified atom stereocenters. The Kier molecular flexibility index (Phi) is 4.55. The van der Waals surface area contributed by atoms with E-state index >= 15 is 0 Å². The van der Waals surface area contributed by atoms with Gasteiger partial charge in [0.2, 0.25) is 0 Å². The fourth-order valence-electron chi connectivity index (χ4n) is 2.96. The first-order chi connectivity index (χ1) is 12.7. The van der Waals surface area contributed by atoms with Crippen molar-refractivity contribution >= 4 is 22.3 Å². The first-order valence-corrected chi connectivity index (χ1v) is 8.47. The van der Waals surface area contributed by atoms with Crippen LogP contribution in [-0.2, 0) is 4.74 Å². The van der Waals surface area contributed by atoms with Gasteiger partial charge in [-0.2, -0.15) is 5.10 Å². The average molecular weight is 353 g/mol. The molecule has 132 valence electrons. The molecule has 2 N–H and O–H groups in total. The molecule has 1 saturated heterocycles. The number of ether oxygens (including phenoxy) is 1. The lowest BCUT2D eigenvalue weighted by molar-refractivity contribution is 0.0740. The summed E-state index contributed by atoms with van der Waals surface area (Å²) in [7, 11) is 0. The highest BCUT2D eigenvalue weighted by molar-refractivity contribution is 5.86. The van der Waals surface area contributed by atoms with Crippen molar-refractivity contribution in [1.29, 1.82) is 0 Å². The second kappa shape index (κ2) is 7.14. The first-order valence-electron chi connectivity index (χ1n) is 8.47. The number of benzene rings is 2. The summed E-state index contributed by atoms with van der Waals surface area (Å²) in [4.78, 5) is 0. The van der Waals surface area contributed by atoms with Gasteiger partial charge >= 0.3 is 0 Å². The Morgan fingerprint density at radius 2 is 2.12 bits per heavy atom. The maximum Gasteiger partial charge on any atom is 0.160 e. The zero-order valence-corrected chi connectivity index (χ0v) is 14.0. The third kappa shape index (κ3) is 3.53. The number of anilines is 2. The van der Waals surface area contributed by atoms with Crippen LogP contribution in [0.3, 0.4) is 0 Å². The standard InChI is InChI=1S/C20H17F2N3O/c21-17-6-5-16(10-18(17)22)24-19-9-15-11-23-25-20(15)8-14(19)4-3-13-2-1-7-26-12-13/h5-6,8-11,13,24H,1-2,7,12H2,(H,23,25). The number of hydrogen-bond donors (Lipinski definition) is 2. The van der Waals surface area contributed by atoms with Crippen molar-refractivity contribution in [2.75, 3.05) is 18.5 Å². The van der Waals surface area contributed by atoms with Gasteiger partial charge in [0.15, 0.2) is 11.6 Å². The third-order valence-corrected chi connectivity index (χ3v) is 4.35. The third-order valence-electron chi connectivity index (χ3n) is 4.35. The van der Waals surface area contributed by atoms with Gasteiger partial charge in [0.1, 0.15) is 0 Å². The molecule has 1 aromatic heterocycles. The molecule has 6 heteroatoms. The Morgan fingerprint density at radius 3 is 2.92 bits per heavy atom. The number of H-pyrrole nitrogens is 1. The van der Waals surface area contributed by atoms with Crippen LogP contribution in [0.5, 0.6) is 0 Å². The molecule has 4 nitrogen and oxygen atoms in total. The summed E-state index contributed by atoms with van der Waals surface area (Å²) in [5.41, 5.74) is 2.80. The van der Waals surface area contributed by atoms with Gasteiger partial charge in [-0.05, 0) is 37.1 Å². The number of hydrogen-bond acceptors (Lipinski definition) is 3. The largest absolute Gasteiger partial charge is 0.380 e. The zero-order valence-electron chi connectivity index (χ0n) is 14.0. The van der Waals surface area contributed by atoms with Crippen molar-refractivity contribution in [3.05, 3.63) is 53.7 Å². The molecule has 0 aliphatic carbocycles. The van der Waals surface area contributed by atoms with Crippen molar-refractivity contribution in [2.45, 2.75) is 12.8 Å². The molecule has 1 fully saturated rings. The minimum absolute atomic E-state index is 0.206. The van der Waals surface area contributed by atoms with Crippen LogP contribution in [0, 0.1) is 29.4 Å². The summed E-state index contributed by atoms with van der Waals surface area (Å²) in [5.74, 6) is 4.89. The monoisotopic (exact) mass is 353 g/mol. The molecule has 2 heterocycles. The molecule has 1 atom stereocenters. The number of rotatable bonds is 2. The van der Waals surface area contributed by atoms with Gasteiger partial charge in [-0.1, -0.05) is 11.8 Å². The van der Waals surface area contributed by atoms with E-state index in [1.54, 1.807) is 6.20 Å². The van der Waals surface area contributed by atoms with E-state index in [4.69, 9.17) is 4.74 Å². The Labute approximate surface area is 149 Å². The minimum Gasteiger partial charge on any atom is -0.380 e. The number of fused-ring (bicyclic) bond motifs is 1. The highest BCUT2D eigenvalue weighted by Gasteiger charge is 2.12. The van der Waals surface area contributed by atoms with Gasteiger partial charge in [0, 0.05) is 29.7 Å². The SMILES string of the molecule is Fc1ccc(Nc2cc3cn[nH]c3cc2C#CC2CCCOC2)cc1F. The van der Waals surface area contributed by atoms with E-state index < -0.39 is 11.6 Å². The Hall–Kier alpha value is -2.91. The van der Waals surface area contributed by atoms with Gasteiger partial charge in [-0.15, -0.1) is 0 Å². The topological polar surface area (TPSA) is 49.9 Å². The Bertz CT molecular complexity index is 997. The molecule has 0 radical (unpaired) electrons. The first kappa shape index (κ1) is 16.6. The minimum atomic E-state index is -0.897. The molecule has 1 aliphatic heterocycles. The van der Waals surface area contributed by atoms with E-state index in [9.17, 15) is 8.78 Å². The van der Waals surface area contributed by atoms with Gasteiger partial charge < -0.3 is 10.1 Å². The molecule has 2 aromatic carbocycles. The summed E-state index contributed by atoms with van der Waals surface area (Å²) in [6, 6.07) is 7.51. The van der Waals surface area contributed by atoms with Gasteiger partial charge in [-0.25, -0.2) is 8.78 Å². The summed E-state index contributed by atoms with van der Waals surface area (Å²) in [6.45, 7) is 1.44. The maximum absolute atomic E-state index is 13.5. The highest BCUT2D eigenvalue weighted by Crippen LogP contribution is 2.26. The lowest BCUT2D eigenvalue weighted by atomic mass is 10.0. The molecular formula is C20H17F2N3O. The van der Waals surface area contributed by atoms with Crippen molar-refractivity contribution in [3.63, 3.8) is 0 Å². The van der Waals surface area contributed by atoms with Crippen LogP contribution in [0.1, 0.15) is 18.4 Å². The van der Waals surface area contributed by atoms with Crippen molar-refractivity contribution in [3.8, 4) is 11.8 Å². The van der Waals surface area contributed by atoms with Crippen LogP contribution in [0.25, 0.3) is 10.9 Å². The molecule has 3 aromatic rings. The summed E-state index contributed by atoms with van der Waals surface area (Å²) >= 11 is 0. The van der Waals surface area contributed by atoms with Gasteiger partial charge in [0.25, 0.3) is 0 Å². The van der Waals surface area contributed by atoms with Crippen LogP contribution < -0.4 is 5.32 Å². The quantitative estimate of drug-likeness (QED) is 0.673. The molecule has 0 amide bonds. The second-order valence-corrected chi connectivity index (χ2v) is 6.29. The van der Waals surface area contributed by atoms with E-state index in [0.29, 0.717) is 18.0 Å². The molecule has 4 rings (SSSR count). The van der Waals surface area contributed by atoms with Crippen LogP contribution in [-0.4, -0.2) is 23.4 Å². The lowest BCUT2D eigenvalue weighted by Crippen LogP contribution is -2.15. The molecule has 26 heavy (non-hydrogen) atoms. The Balaban J connectivity index is 1.69. The molecular weight excluding hydrogens is 336 g/mol. The summed E-state index contributed by atoms with van der Waals surface area (Å²) in [6.07, 6.45) is 3.74. The number of aromatic nitrogens is 2. The second-order valence-electron chi connectivity index (χ2n) is 6.29. The van der Waals surface area contributed by atoms with Crippen LogP contribution in [0.15, 0.2) is 36.5 Å². The van der Waals surface area contributed by atoms with E-state index in [2.05, 4.69) is 27.4 Å². The predicted octanol–water partition coefficient (Wildman–Crippen LogP) is 4.36. The van der Waals surface area contributed by atoms with E-state index in [-0.39, 0.29) is 5.92 Å².